The zero-order chi connectivity index (χ0) is 16.0. The normalized spacial score (nSPS) is 14.3. The van der Waals surface area contributed by atoms with E-state index in [-0.39, 0.29) is 12.5 Å². The molecular formula is C16H25Cl2NO2. The fraction of sp³-hybridized carbons (Fsp3) is 0.625. The van der Waals surface area contributed by atoms with Crippen LogP contribution in [0.4, 0.5) is 0 Å². The lowest BCUT2D eigenvalue weighted by molar-refractivity contribution is -0.0268. The van der Waals surface area contributed by atoms with Crippen LogP contribution >= 0.6 is 23.2 Å². The van der Waals surface area contributed by atoms with Crippen LogP contribution < -0.4 is 10.1 Å². The molecule has 0 saturated heterocycles. The fourth-order valence-electron chi connectivity index (χ4n) is 1.69. The Balaban J connectivity index is 2.88. The second-order valence-corrected chi connectivity index (χ2v) is 6.70. The van der Waals surface area contributed by atoms with Crippen LogP contribution in [-0.4, -0.2) is 23.9 Å². The number of hydrogen-bond donors (Lipinski definition) is 2. The number of nitrogens with one attached hydrogen (secondary N) is 1. The summed E-state index contributed by atoms with van der Waals surface area (Å²) in [6.07, 6.45) is 1.05. The van der Waals surface area contributed by atoms with Gasteiger partial charge >= 0.3 is 0 Å². The number of hydrogen-bond acceptors (Lipinski definition) is 3. The van der Waals surface area contributed by atoms with Gasteiger partial charge in [-0.1, -0.05) is 44.0 Å². The van der Waals surface area contributed by atoms with Crippen LogP contribution in [-0.2, 0) is 6.54 Å². The van der Waals surface area contributed by atoms with Crippen LogP contribution in [0.15, 0.2) is 12.1 Å². The molecule has 1 rings (SSSR count). The quantitative estimate of drug-likeness (QED) is 0.697. The molecule has 0 heterocycles. The van der Waals surface area contributed by atoms with E-state index in [0.29, 0.717) is 22.3 Å². The van der Waals surface area contributed by atoms with E-state index in [1.165, 1.54) is 0 Å². The summed E-state index contributed by atoms with van der Waals surface area (Å²) < 4.78 is 5.80. The average Bonchev–Trinajstić information content (AvgIpc) is 2.37. The van der Waals surface area contributed by atoms with Crippen molar-refractivity contribution in [1.29, 1.82) is 0 Å². The van der Waals surface area contributed by atoms with E-state index in [9.17, 15) is 5.11 Å². The van der Waals surface area contributed by atoms with Crippen LogP contribution in [0.25, 0.3) is 0 Å². The predicted molar refractivity (Wildman–Crippen MR) is 89.4 cm³/mol. The first-order valence-corrected chi connectivity index (χ1v) is 8.07. The van der Waals surface area contributed by atoms with Gasteiger partial charge in [-0.2, -0.15) is 0 Å². The van der Waals surface area contributed by atoms with Crippen molar-refractivity contribution < 1.29 is 9.84 Å². The first kappa shape index (κ1) is 18.6. The number of rotatable bonds is 8. The van der Waals surface area contributed by atoms with Crippen molar-refractivity contribution in [3.63, 3.8) is 0 Å². The summed E-state index contributed by atoms with van der Waals surface area (Å²) in [5.41, 5.74) is -0.00243. The topological polar surface area (TPSA) is 41.5 Å². The van der Waals surface area contributed by atoms with Crippen LogP contribution in [0.2, 0.25) is 10.0 Å². The van der Waals surface area contributed by atoms with E-state index >= 15 is 0 Å². The van der Waals surface area contributed by atoms with Gasteiger partial charge in [-0.05, 0) is 37.9 Å². The molecular weight excluding hydrogens is 309 g/mol. The van der Waals surface area contributed by atoms with E-state index in [0.717, 1.165) is 18.5 Å². The first-order valence-electron chi connectivity index (χ1n) is 7.31. The molecule has 0 fully saturated rings. The van der Waals surface area contributed by atoms with Crippen molar-refractivity contribution in [2.45, 2.75) is 46.3 Å². The Hall–Kier alpha value is -0.480. The second kappa shape index (κ2) is 8.23. The van der Waals surface area contributed by atoms with Crippen molar-refractivity contribution in [2.75, 3.05) is 13.2 Å². The predicted octanol–water partition coefficient (Wildman–Crippen LogP) is 4.28. The molecule has 1 aromatic carbocycles. The number of aliphatic hydroxyl groups is 1. The molecule has 5 heteroatoms. The third kappa shape index (κ3) is 5.67. The molecule has 1 unspecified atom stereocenters. The highest BCUT2D eigenvalue weighted by Gasteiger charge is 2.26. The average molecular weight is 334 g/mol. The molecule has 0 radical (unpaired) electrons. The van der Waals surface area contributed by atoms with Gasteiger partial charge in [-0.15, -0.1) is 0 Å². The summed E-state index contributed by atoms with van der Waals surface area (Å²) in [5, 5.41) is 14.6. The largest absolute Gasteiger partial charge is 0.489 e. The van der Waals surface area contributed by atoms with E-state index < -0.39 is 5.60 Å². The Kier molecular flexibility index (Phi) is 7.28. The lowest BCUT2D eigenvalue weighted by Gasteiger charge is -2.28. The third-order valence-corrected chi connectivity index (χ3v) is 4.08. The molecule has 120 valence electrons. The van der Waals surface area contributed by atoms with Gasteiger partial charge in [-0.25, -0.2) is 0 Å². The Labute approximate surface area is 137 Å². The lowest BCUT2D eigenvalue weighted by atomic mass is 9.94. The molecule has 2 N–H and O–H groups in total. The molecule has 0 aliphatic rings. The number of benzene rings is 1. The van der Waals surface area contributed by atoms with Gasteiger partial charge in [0.1, 0.15) is 12.4 Å². The van der Waals surface area contributed by atoms with E-state index in [4.69, 9.17) is 27.9 Å². The van der Waals surface area contributed by atoms with Gasteiger partial charge in [0.15, 0.2) is 0 Å². The molecule has 1 atom stereocenters. The first-order chi connectivity index (χ1) is 9.77. The summed E-state index contributed by atoms with van der Waals surface area (Å²) in [4.78, 5) is 0. The van der Waals surface area contributed by atoms with E-state index in [1.807, 2.05) is 19.9 Å². The van der Waals surface area contributed by atoms with Gasteiger partial charge in [0.25, 0.3) is 0 Å². The third-order valence-electron chi connectivity index (χ3n) is 3.58. The van der Waals surface area contributed by atoms with Crippen molar-refractivity contribution in [3.8, 4) is 5.75 Å². The van der Waals surface area contributed by atoms with Crippen LogP contribution in [0, 0.1) is 5.92 Å². The standard InChI is InChI=1S/C16H25Cl2NO2/c1-5-6-19-9-12-7-13(17)8-14(18)15(12)21-10-16(4,20)11(2)3/h7-8,11,19-20H,5-6,9-10H2,1-4H3. The molecule has 0 amide bonds. The highest BCUT2D eigenvalue weighted by molar-refractivity contribution is 6.35. The Morgan fingerprint density at radius 2 is 2.00 bits per heavy atom. The van der Waals surface area contributed by atoms with Gasteiger partial charge in [0.05, 0.1) is 10.6 Å². The zero-order valence-electron chi connectivity index (χ0n) is 13.2. The lowest BCUT2D eigenvalue weighted by Crippen LogP contribution is -2.38. The maximum absolute atomic E-state index is 10.3. The summed E-state index contributed by atoms with van der Waals surface area (Å²) >= 11 is 12.3. The van der Waals surface area contributed by atoms with Crippen molar-refractivity contribution >= 4 is 23.2 Å². The number of ether oxygens (including phenoxy) is 1. The minimum atomic E-state index is -0.906. The molecule has 3 nitrogen and oxygen atoms in total. The Morgan fingerprint density at radius 1 is 1.33 bits per heavy atom. The molecule has 0 spiro atoms. The molecule has 0 bridgehead atoms. The van der Waals surface area contributed by atoms with Crippen molar-refractivity contribution in [2.24, 2.45) is 5.92 Å². The smallest absolute Gasteiger partial charge is 0.142 e. The van der Waals surface area contributed by atoms with Crippen molar-refractivity contribution in [1.82, 2.24) is 5.32 Å². The van der Waals surface area contributed by atoms with Crippen molar-refractivity contribution in [3.05, 3.63) is 27.7 Å². The van der Waals surface area contributed by atoms with Crippen LogP contribution in [0.1, 0.15) is 39.7 Å². The molecule has 0 aliphatic carbocycles. The zero-order valence-corrected chi connectivity index (χ0v) is 14.7. The summed E-state index contributed by atoms with van der Waals surface area (Å²) in [6, 6.07) is 3.50. The monoisotopic (exact) mass is 333 g/mol. The van der Waals surface area contributed by atoms with Gasteiger partial charge in [0.2, 0.25) is 0 Å². The van der Waals surface area contributed by atoms with E-state index in [1.54, 1.807) is 13.0 Å². The minimum Gasteiger partial charge on any atom is -0.489 e. The maximum Gasteiger partial charge on any atom is 0.142 e. The summed E-state index contributed by atoms with van der Waals surface area (Å²) in [7, 11) is 0. The molecule has 0 aromatic heterocycles. The maximum atomic E-state index is 10.3. The summed E-state index contributed by atoms with van der Waals surface area (Å²) in [6.45, 7) is 9.51. The van der Waals surface area contributed by atoms with Gasteiger partial charge < -0.3 is 15.2 Å². The Morgan fingerprint density at radius 3 is 2.57 bits per heavy atom. The van der Waals surface area contributed by atoms with Crippen LogP contribution in [0.3, 0.4) is 0 Å². The molecule has 0 saturated carbocycles. The number of halogens is 2. The fourth-order valence-corrected chi connectivity index (χ4v) is 2.28. The molecule has 0 aliphatic heterocycles. The highest BCUT2D eigenvalue weighted by atomic mass is 35.5. The van der Waals surface area contributed by atoms with Gasteiger partial charge in [0, 0.05) is 17.1 Å². The molecule has 21 heavy (non-hydrogen) atoms. The Bertz CT molecular complexity index is 462. The van der Waals surface area contributed by atoms with Gasteiger partial charge in [-0.3, -0.25) is 0 Å². The highest BCUT2D eigenvalue weighted by Crippen LogP contribution is 2.33. The van der Waals surface area contributed by atoms with E-state index in [2.05, 4.69) is 12.2 Å². The SMILES string of the molecule is CCCNCc1cc(Cl)cc(Cl)c1OCC(C)(O)C(C)C. The van der Waals surface area contributed by atoms with Crippen LogP contribution in [0.5, 0.6) is 5.75 Å². The molecule has 1 aromatic rings. The second-order valence-electron chi connectivity index (χ2n) is 5.85. The minimum absolute atomic E-state index is 0.0882. The summed E-state index contributed by atoms with van der Waals surface area (Å²) in [5.74, 6) is 0.677.